The zero-order valence-electron chi connectivity index (χ0n) is 13.7. The fraction of sp³-hybridized carbons (Fsp3) is 0.588. The number of methoxy groups -OCH3 is 1. The normalized spacial score (nSPS) is 18.0. The van der Waals surface area contributed by atoms with E-state index in [1.165, 1.54) is 0 Å². The van der Waals surface area contributed by atoms with E-state index in [1.807, 2.05) is 0 Å². The summed E-state index contributed by atoms with van der Waals surface area (Å²) in [6.07, 6.45) is 0.808. The molecule has 1 atom stereocenters. The van der Waals surface area contributed by atoms with Crippen LogP contribution in [0.2, 0.25) is 0 Å². The molecule has 0 aromatic heterocycles. The number of nitrogens with zero attached hydrogens (tertiary/aromatic N) is 2. The van der Waals surface area contributed by atoms with Gasteiger partial charge in [0, 0.05) is 44.2 Å². The van der Waals surface area contributed by atoms with E-state index >= 15 is 0 Å². The Balaban J connectivity index is 1.83. The van der Waals surface area contributed by atoms with Gasteiger partial charge in [-0.1, -0.05) is 6.92 Å². The lowest BCUT2D eigenvalue weighted by atomic mass is 10.1. The lowest BCUT2D eigenvalue weighted by Gasteiger charge is -2.33. The van der Waals surface area contributed by atoms with Crippen molar-refractivity contribution in [3.05, 3.63) is 23.8 Å². The molecule has 1 saturated heterocycles. The maximum atomic E-state index is 10.8. The SMILES string of the molecule is COc1cc(C=O)ccc1OCC(C)CN1CCN(C)CC1. The van der Waals surface area contributed by atoms with Crippen molar-refractivity contribution in [2.75, 3.05) is 53.5 Å². The van der Waals surface area contributed by atoms with Gasteiger partial charge < -0.3 is 19.3 Å². The van der Waals surface area contributed by atoms with Crippen molar-refractivity contribution in [2.45, 2.75) is 6.92 Å². The highest BCUT2D eigenvalue weighted by atomic mass is 16.5. The van der Waals surface area contributed by atoms with Crippen molar-refractivity contribution < 1.29 is 14.3 Å². The van der Waals surface area contributed by atoms with Gasteiger partial charge in [-0.25, -0.2) is 0 Å². The molecule has 1 fully saturated rings. The van der Waals surface area contributed by atoms with Crippen molar-refractivity contribution in [2.24, 2.45) is 5.92 Å². The number of benzene rings is 1. The number of rotatable bonds is 7. The van der Waals surface area contributed by atoms with Crippen LogP contribution in [0.3, 0.4) is 0 Å². The Bertz CT molecular complexity index is 485. The van der Waals surface area contributed by atoms with E-state index in [-0.39, 0.29) is 0 Å². The Morgan fingerprint density at radius 1 is 1.23 bits per heavy atom. The Hall–Kier alpha value is -1.59. The molecular weight excluding hydrogens is 280 g/mol. The fourth-order valence-corrected chi connectivity index (χ4v) is 2.63. The third-order valence-corrected chi connectivity index (χ3v) is 4.01. The molecule has 0 aliphatic carbocycles. The number of piperazine rings is 1. The van der Waals surface area contributed by atoms with E-state index in [2.05, 4.69) is 23.8 Å². The standard InChI is InChI=1S/C17H26N2O3/c1-14(11-19-8-6-18(2)7-9-19)13-22-16-5-4-15(12-20)10-17(16)21-3/h4-5,10,12,14H,6-9,11,13H2,1-3H3. The van der Waals surface area contributed by atoms with E-state index in [0.717, 1.165) is 39.0 Å². The third kappa shape index (κ3) is 4.71. The second-order valence-corrected chi connectivity index (χ2v) is 6.05. The summed E-state index contributed by atoms with van der Waals surface area (Å²) in [5, 5.41) is 0. The number of hydrogen-bond acceptors (Lipinski definition) is 5. The molecular formula is C17H26N2O3. The highest BCUT2D eigenvalue weighted by Gasteiger charge is 2.17. The van der Waals surface area contributed by atoms with Gasteiger partial charge in [0.25, 0.3) is 0 Å². The molecule has 0 N–H and O–H groups in total. The van der Waals surface area contributed by atoms with Gasteiger partial charge in [0.1, 0.15) is 6.29 Å². The van der Waals surface area contributed by atoms with Crippen LogP contribution in [0.25, 0.3) is 0 Å². The van der Waals surface area contributed by atoms with E-state index < -0.39 is 0 Å². The van der Waals surface area contributed by atoms with Crippen LogP contribution >= 0.6 is 0 Å². The topological polar surface area (TPSA) is 42.0 Å². The average Bonchev–Trinajstić information content (AvgIpc) is 2.55. The summed E-state index contributed by atoms with van der Waals surface area (Å²) in [4.78, 5) is 15.6. The lowest BCUT2D eigenvalue weighted by molar-refractivity contribution is 0.112. The van der Waals surface area contributed by atoms with Gasteiger partial charge in [-0.3, -0.25) is 4.79 Å². The minimum Gasteiger partial charge on any atom is -0.493 e. The largest absolute Gasteiger partial charge is 0.493 e. The highest BCUT2D eigenvalue weighted by molar-refractivity contribution is 5.76. The summed E-state index contributed by atoms with van der Waals surface area (Å²) in [6.45, 7) is 8.40. The van der Waals surface area contributed by atoms with Crippen LogP contribution in [-0.4, -0.2) is 69.6 Å². The monoisotopic (exact) mass is 306 g/mol. The molecule has 1 aromatic rings. The molecule has 1 unspecified atom stereocenters. The molecule has 122 valence electrons. The summed E-state index contributed by atoms with van der Waals surface area (Å²) in [6, 6.07) is 5.24. The Labute approximate surface area is 132 Å². The van der Waals surface area contributed by atoms with Crippen LogP contribution in [-0.2, 0) is 0 Å². The number of carbonyl (C=O) groups is 1. The summed E-state index contributed by atoms with van der Waals surface area (Å²) in [5.41, 5.74) is 0.592. The van der Waals surface area contributed by atoms with Gasteiger partial charge in [-0.2, -0.15) is 0 Å². The molecule has 0 amide bonds. The first kappa shape index (κ1) is 16.8. The molecule has 0 saturated carbocycles. The number of carbonyl (C=O) groups excluding carboxylic acids is 1. The number of aldehydes is 1. The number of hydrogen-bond donors (Lipinski definition) is 0. The van der Waals surface area contributed by atoms with Crippen LogP contribution in [0.1, 0.15) is 17.3 Å². The predicted octanol–water partition coefficient (Wildman–Crippen LogP) is 1.77. The van der Waals surface area contributed by atoms with Crippen molar-refractivity contribution in [1.29, 1.82) is 0 Å². The van der Waals surface area contributed by atoms with Crippen LogP contribution in [0, 0.1) is 5.92 Å². The summed E-state index contributed by atoms with van der Waals surface area (Å²) < 4.78 is 11.2. The molecule has 1 aliphatic heterocycles. The minimum atomic E-state index is 0.443. The first-order chi connectivity index (χ1) is 10.6. The van der Waals surface area contributed by atoms with Gasteiger partial charge in [-0.05, 0) is 25.2 Å². The van der Waals surface area contributed by atoms with Crippen molar-refractivity contribution in [3.63, 3.8) is 0 Å². The van der Waals surface area contributed by atoms with Crippen LogP contribution in [0.15, 0.2) is 18.2 Å². The zero-order valence-corrected chi connectivity index (χ0v) is 13.7. The van der Waals surface area contributed by atoms with E-state index in [0.29, 0.717) is 29.6 Å². The number of likely N-dealkylation sites (N-methyl/N-ethyl adjacent to an activating group) is 1. The smallest absolute Gasteiger partial charge is 0.161 e. The molecule has 5 nitrogen and oxygen atoms in total. The summed E-state index contributed by atoms with van der Waals surface area (Å²) >= 11 is 0. The van der Waals surface area contributed by atoms with Gasteiger partial charge >= 0.3 is 0 Å². The Morgan fingerprint density at radius 3 is 2.59 bits per heavy atom. The van der Waals surface area contributed by atoms with Crippen LogP contribution < -0.4 is 9.47 Å². The summed E-state index contributed by atoms with van der Waals surface area (Å²) in [5.74, 6) is 1.74. The highest BCUT2D eigenvalue weighted by Crippen LogP contribution is 2.28. The van der Waals surface area contributed by atoms with Gasteiger partial charge in [0.2, 0.25) is 0 Å². The molecule has 0 bridgehead atoms. The van der Waals surface area contributed by atoms with E-state index in [9.17, 15) is 4.79 Å². The minimum absolute atomic E-state index is 0.443. The molecule has 1 aromatic carbocycles. The van der Waals surface area contributed by atoms with E-state index in [4.69, 9.17) is 9.47 Å². The maximum Gasteiger partial charge on any atom is 0.161 e. The van der Waals surface area contributed by atoms with Crippen LogP contribution in [0.4, 0.5) is 0 Å². The molecule has 1 heterocycles. The second kappa shape index (κ2) is 8.15. The number of ether oxygens (including phenoxy) is 2. The van der Waals surface area contributed by atoms with Crippen LogP contribution in [0.5, 0.6) is 11.5 Å². The van der Waals surface area contributed by atoms with Gasteiger partial charge in [0.15, 0.2) is 11.5 Å². The third-order valence-electron chi connectivity index (χ3n) is 4.01. The molecule has 2 rings (SSSR count). The maximum absolute atomic E-state index is 10.8. The van der Waals surface area contributed by atoms with Gasteiger partial charge in [0.05, 0.1) is 13.7 Å². The lowest BCUT2D eigenvalue weighted by Crippen LogP contribution is -2.46. The van der Waals surface area contributed by atoms with Crippen molar-refractivity contribution >= 4 is 6.29 Å². The second-order valence-electron chi connectivity index (χ2n) is 6.05. The molecule has 1 aliphatic rings. The molecule has 5 heteroatoms. The zero-order chi connectivity index (χ0) is 15.9. The quantitative estimate of drug-likeness (QED) is 0.718. The predicted molar refractivity (Wildman–Crippen MR) is 87.0 cm³/mol. The average molecular weight is 306 g/mol. The Kier molecular flexibility index (Phi) is 6.21. The van der Waals surface area contributed by atoms with Crippen molar-refractivity contribution in [1.82, 2.24) is 9.80 Å². The molecule has 22 heavy (non-hydrogen) atoms. The molecule has 0 radical (unpaired) electrons. The van der Waals surface area contributed by atoms with Crippen molar-refractivity contribution in [3.8, 4) is 11.5 Å². The first-order valence-corrected chi connectivity index (χ1v) is 7.79. The Morgan fingerprint density at radius 2 is 1.95 bits per heavy atom. The molecule has 0 spiro atoms. The van der Waals surface area contributed by atoms with E-state index in [1.54, 1.807) is 25.3 Å². The fourth-order valence-electron chi connectivity index (χ4n) is 2.63. The van der Waals surface area contributed by atoms with Gasteiger partial charge in [-0.15, -0.1) is 0 Å². The first-order valence-electron chi connectivity index (χ1n) is 7.79. The summed E-state index contributed by atoms with van der Waals surface area (Å²) in [7, 11) is 3.75.